The number of ether oxygens (including phenoxy) is 1. The van der Waals surface area contributed by atoms with Gasteiger partial charge >= 0.3 is 0 Å². The van der Waals surface area contributed by atoms with E-state index in [9.17, 15) is 4.79 Å². The van der Waals surface area contributed by atoms with Gasteiger partial charge in [-0.15, -0.1) is 0 Å². The second kappa shape index (κ2) is 6.38. The van der Waals surface area contributed by atoms with Crippen molar-refractivity contribution in [2.24, 2.45) is 0 Å². The molecule has 0 unspecified atom stereocenters. The molecule has 1 fully saturated rings. The van der Waals surface area contributed by atoms with E-state index in [0.29, 0.717) is 5.69 Å². The van der Waals surface area contributed by atoms with E-state index in [-0.39, 0.29) is 11.4 Å². The van der Waals surface area contributed by atoms with E-state index in [1.807, 2.05) is 35.5 Å². The van der Waals surface area contributed by atoms with Gasteiger partial charge in [-0.05, 0) is 44.2 Å². The average molecular weight is 379 g/mol. The van der Waals surface area contributed by atoms with Gasteiger partial charge in [-0.25, -0.2) is 4.98 Å². The second-order valence-electron chi connectivity index (χ2n) is 7.86. The summed E-state index contributed by atoms with van der Waals surface area (Å²) in [4.78, 5) is 28.7. The van der Waals surface area contributed by atoms with Gasteiger partial charge in [0.2, 0.25) is 0 Å². The van der Waals surface area contributed by atoms with Crippen LogP contribution in [0.3, 0.4) is 0 Å². The lowest BCUT2D eigenvalue weighted by Crippen LogP contribution is -2.55. The summed E-state index contributed by atoms with van der Waals surface area (Å²) in [5.74, 6) is 0.853. The van der Waals surface area contributed by atoms with Crippen molar-refractivity contribution < 1.29 is 9.53 Å². The van der Waals surface area contributed by atoms with E-state index >= 15 is 0 Å². The summed E-state index contributed by atoms with van der Waals surface area (Å²) in [5, 5.41) is 0.990. The largest absolute Gasteiger partial charge is 0.497 e. The fraction of sp³-hybridized carbons (Fsp3) is 0.429. The number of rotatable bonds is 2. The first-order valence-electron chi connectivity index (χ1n) is 9.81. The highest BCUT2D eigenvalue weighted by molar-refractivity contribution is 5.98. The van der Waals surface area contributed by atoms with Crippen LogP contribution in [0.15, 0.2) is 30.6 Å². The molecule has 1 spiro atoms. The molecule has 0 radical (unpaired) electrons. The number of benzene rings is 1. The molecule has 28 heavy (non-hydrogen) atoms. The van der Waals surface area contributed by atoms with Gasteiger partial charge in [-0.3, -0.25) is 9.69 Å². The minimum atomic E-state index is -0.0574. The van der Waals surface area contributed by atoms with Gasteiger partial charge in [0.15, 0.2) is 0 Å². The molecular formula is C21H25N5O2. The van der Waals surface area contributed by atoms with Crippen LogP contribution in [0.1, 0.15) is 34.7 Å². The Balaban J connectivity index is 1.37. The summed E-state index contributed by atoms with van der Waals surface area (Å²) >= 11 is 0. The molecule has 2 N–H and O–H groups in total. The summed E-state index contributed by atoms with van der Waals surface area (Å²) < 4.78 is 5.28. The Morgan fingerprint density at radius 1 is 1.21 bits per heavy atom. The molecule has 1 amide bonds. The van der Waals surface area contributed by atoms with Crippen LogP contribution in [0.5, 0.6) is 5.75 Å². The molecule has 146 valence electrons. The van der Waals surface area contributed by atoms with E-state index in [1.165, 1.54) is 11.4 Å². The number of carbonyl (C=O) groups is 1. The summed E-state index contributed by atoms with van der Waals surface area (Å²) in [7, 11) is 3.83. The number of amides is 1. The molecule has 5 rings (SSSR count). The third-order valence-corrected chi connectivity index (χ3v) is 6.52. The molecule has 4 heterocycles. The van der Waals surface area contributed by atoms with E-state index < -0.39 is 0 Å². The molecule has 1 saturated heterocycles. The topological polar surface area (TPSA) is 77.2 Å². The number of aromatic amines is 2. The van der Waals surface area contributed by atoms with Crippen molar-refractivity contribution in [3.8, 4) is 5.75 Å². The number of piperidine rings is 1. The monoisotopic (exact) mass is 379 g/mol. The lowest BCUT2D eigenvalue weighted by Gasteiger charge is -2.49. The smallest absolute Gasteiger partial charge is 0.270 e. The van der Waals surface area contributed by atoms with Gasteiger partial charge in [-0.2, -0.15) is 0 Å². The Bertz CT molecular complexity index is 1030. The average Bonchev–Trinajstić information content (AvgIpc) is 3.37. The van der Waals surface area contributed by atoms with E-state index in [0.717, 1.165) is 55.5 Å². The van der Waals surface area contributed by atoms with Crippen LogP contribution in [0.25, 0.3) is 10.9 Å². The SMILES string of the molecule is COc1ccc2[nH]c(C(=O)N3CCC4(CC3)c3nc[nH]c3CCN4C)cc2c1. The quantitative estimate of drug-likeness (QED) is 0.717. The van der Waals surface area contributed by atoms with Gasteiger partial charge < -0.3 is 19.6 Å². The summed E-state index contributed by atoms with van der Waals surface area (Å²) in [6.45, 7) is 2.48. The molecule has 2 aliphatic rings. The zero-order valence-corrected chi connectivity index (χ0v) is 16.3. The van der Waals surface area contributed by atoms with Crippen LogP contribution in [0.2, 0.25) is 0 Å². The normalized spacial score (nSPS) is 19.1. The maximum atomic E-state index is 13.1. The molecule has 1 aromatic carbocycles. The third-order valence-electron chi connectivity index (χ3n) is 6.52. The highest BCUT2D eigenvalue weighted by atomic mass is 16.5. The number of H-pyrrole nitrogens is 2. The molecule has 7 nitrogen and oxygen atoms in total. The first kappa shape index (κ1) is 17.3. The van der Waals surface area contributed by atoms with E-state index in [4.69, 9.17) is 4.74 Å². The molecule has 3 aromatic rings. The predicted octanol–water partition coefficient (Wildman–Crippen LogP) is 2.52. The number of fused-ring (bicyclic) bond motifs is 3. The van der Waals surface area contributed by atoms with Gasteiger partial charge in [0.1, 0.15) is 11.4 Å². The fourth-order valence-corrected chi connectivity index (χ4v) is 4.81. The minimum Gasteiger partial charge on any atom is -0.497 e. The number of aromatic nitrogens is 3. The molecule has 0 aliphatic carbocycles. The number of nitrogens with one attached hydrogen (secondary N) is 2. The fourth-order valence-electron chi connectivity index (χ4n) is 4.81. The van der Waals surface area contributed by atoms with Crippen LogP contribution in [-0.2, 0) is 12.0 Å². The molecule has 0 saturated carbocycles. The maximum absolute atomic E-state index is 13.1. The predicted molar refractivity (Wildman–Crippen MR) is 107 cm³/mol. The lowest BCUT2D eigenvalue weighted by atomic mass is 9.79. The standard InChI is InChI=1S/C21H25N5O2/c1-25-8-5-17-19(23-13-22-17)21(25)6-9-26(10-7-21)20(27)18-12-14-11-15(28-2)3-4-16(14)24-18/h3-4,11-13,24H,5-10H2,1-2H3,(H,22,23). The van der Waals surface area contributed by atoms with Crippen molar-refractivity contribution in [1.29, 1.82) is 0 Å². The Morgan fingerprint density at radius 3 is 2.82 bits per heavy atom. The Kier molecular flexibility index (Phi) is 3.94. The molecule has 2 aliphatic heterocycles. The highest BCUT2D eigenvalue weighted by Gasteiger charge is 2.45. The van der Waals surface area contributed by atoms with Crippen LogP contribution in [0, 0.1) is 0 Å². The number of hydrogen-bond donors (Lipinski definition) is 2. The minimum absolute atomic E-state index is 0.0574. The zero-order chi connectivity index (χ0) is 19.3. The van der Waals surface area contributed by atoms with Crippen LogP contribution >= 0.6 is 0 Å². The lowest BCUT2D eigenvalue weighted by molar-refractivity contribution is 0.0223. The van der Waals surface area contributed by atoms with Gasteiger partial charge in [0.05, 0.1) is 24.7 Å². The van der Waals surface area contributed by atoms with Gasteiger partial charge in [0, 0.05) is 42.7 Å². The molecule has 0 atom stereocenters. The molecule has 7 heteroatoms. The second-order valence-corrected chi connectivity index (χ2v) is 7.86. The zero-order valence-electron chi connectivity index (χ0n) is 16.3. The number of likely N-dealkylation sites (tertiary alicyclic amines) is 1. The highest BCUT2D eigenvalue weighted by Crippen LogP contribution is 2.41. The van der Waals surface area contributed by atoms with E-state index in [2.05, 4.69) is 26.9 Å². The summed E-state index contributed by atoms with van der Waals surface area (Å²) in [5.41, 5.74) is 3.95. The number of nitrogens with zero attached hydrogens (tertiary/aromatic N) is 3. The van der Waals surface area contributed by atoms with Crippen molar-refractivity contribution >= 4 is 16.8 Å². The Hall–Kier alpha value is -2.80. The molecular weight excluding hydrogens is 354 g/mol. The summed E-state index contributed by atoms with van der Waals surface area (Å²) in [6.07, 6.45) is 4.62. The molecule has 0 bridgehead atoms. The van der Waals surface area contributed by atoms with Crippen LogP contribution in [-0.4, -0.2) is 64.5 Å². The van der Waals surface area contributed by atoms with Crippen molar-refractivity contribution in [2.75, 3.05) is 33.8 Å². The van der Waals surface area contributed by atoms with Crippen LogP contribution < -0.4 is 4.74 Å². The van der Waals surface area contributed by atoms with Crippen molar-refractivity contribution in [2.45, 2.75) is 24.8 Å². The van der Waals surface area contributed by atoms with Crippen molar-refractivity contribution in [3.63, 3.8) is 0 Å². The Morgan fingerprint density at radius 2 is 2.04 bits per heavy atom. The third kappa shape index (κ3) is 2.53. The number of imidazole rings is 1. The first-order chi connectivity index (χ1) is 13.6. The van der Waals surface area contributed by atoms with Crippen molar-refractivity contribution in [1.82, 2.24) is 24.8 Å². The number of hydrogen-bond acceptors (Lipinski definition) is 4. The maximum Gasteiger partial charge on any atom is 0.270 e. The summed E-state index contributed by atoms with van der Waals surface area (Å²) in [6, 6.07) is 7.72. The Labute approximate surface area is 163 Å². The number of carbonyl (C=O) groups excluding carboxylic acids is 1. The number of methoxy groups -OCH3 is 1. The van der Waals surface area contributed by atoms with E-state index in [1.54, 1.807) is 7.11 Å². The van der Waals surface area contributed by atoms with Crippen molar-refractivity contribution in [3.05, 3.63) is 47.7 Å². The molecule has 2 aromatic heterocycles. The van der Waals surface area contributed by atoms with Gasteiger partial charge in [-0.1, -0.05) is 0 Å². The first-order valence-corrected chi connectivity index (χ1v) is 9.81. The van der Waals surface area contributed by atoms with Crippen LogP contribution in [0.4, 0.5) is 0 Å². The number of likely N-dealkylation sites (N-methyl/N-ethyl adjacent to an activating group) is 1. The van der Waals surface area contributed by atoms with Gasteiger partial charge in [0.25, 0.3) is 5.91 Å².